The van der Waals surface area contributed by atoms with Crippen molar-refractivity contribution in [1.82, 2.24) is 0 Å². The number of benzene rings is 1. The van der Waals surface area contributed by atoms with Crippen LogP contribution in [0.5, 0.6) is 0 Å². The van der Waals surface area contributed by atoms with Gasteiger partial charge in [-0.1, -0.05) is 84.0 Å². The monoisotopic (exact) mass is 417 g/mol. The molecule has 0 radical (unpaired) electrons. The lowest BCUT2D eigenvalue weighted by Crippen LogP contribution is -2.24. The van der Waals surface area contributed by atoms with E-state index in [9.17, 15) is 13.6 Å². The van der Waals surface area contributed by atoms with Crippen LogP contribution in [0.2, 0.25) is 0 Å². The molecular weight excluding hydrogens is 380 g/mol. The van der Waals surface area contributed by atoms with E-state index in [1.165, 1.54) is 70.3 Å². The van der Waals surface area contributed by atoms with Crippen LogP contribution in [0.3, 0.4) is 0 Å². The summed E-state index contributed by atoms with van der Waals surface area (Å²) < 4.78 is 26.3. The lowest BCUT2D eigenvalue weighted by molar-refractivity contribution is 0.0915. The summed E-state index contributed by atoms with van der Waals surface area (Å²) in [6.07, 6.45) is 16.0. The number of unbranched alkanes of at least 4 members (excludes halogenated alkanes) is 11. The maximum atomic E-state index is 13.3. The fourth-order valence-corrected chi connectivity index (χ4v) is 3.47. The molecule has 0 aromatic heterocycles. The van der Waals surface area contributed by atoms with Crippen LogP contribution in [0.15, 0.2) is 18.2 Å². The van der Waals surface area contributed by atoms with Gasteiger partial charge in [0.2, 0.25) is 0 Å². The highest BCUT2D eigenvalue weighted by molar-refractivity contribution is 5.98. The van der Waals surface area contributed by atoms with E-state index in [2.05, 4.69) is 6.92 Å². The molecule has 0 fully saturated rings. The van der Waals surface area contributed by atoms with E-state index in [1.807, 2.05) is 0 Å². The minimum absolute atomic E-state index is 0. The summed E-state index contributed by atoms with van der Waals surface area (Å²) >= 11 is 0. The standard InChI is InChI=1S/C23H37F2NO.ClH/c1-2-3-4-5-6-7-8-9-10-11-12-13-14-20(18-26)23(27)19-15-16-21(24)22(25)17-19;/h15-17,20H,2-14,18,26H2,1H3;1H. The Hall–Kier alpha value is -1.00. The second-order valence-corrected chi connectivity index (χ2v) is 7.60. The average Bonchev–Trinajstić information content (AvgIpc) is 2.67. The topological polar surface area (TPSA) is 43.1 Å². The normalized spacial score (nSPS) is 11.9. The van der Waals surface area contributed by atoms with E-state index in [-0.39, 0.29) is 36.2 Å². The molecule has 0 saturated carbocycles. The Morgan fingerprint density at radius 3 is 1.82 bits per heavy atom. The molecule has 1 rings (SSSR count). The van der Waals surface area contributed by atoms with Crippen molar-refractivity contribution in [2.45, 2.75) is 90.4 Å². The molecule has 28 heavy (non-hydrogen) atoms. The molecule has 162 valence electrons. The third-order valence-corrected chi connectivity index (χ3v) is 5.27. The van der Waals surface area contributed by atoms with E-state index < -0.39 is 11.6 Å². The van der Waals surface area contributed by atoms with Crippen LogP contribution in [0.4, 0.5) is 8.78 Å². The maximum Gasteiger partial charge on any atom is 0.167 e. The highest BCUT2D eigenvalue weighted by atomic mass is 35.5. The number of Topliss-reactive ketones (excluding diaryl/α,β-unsaturated/α-hetero) is 1. The van der Waals surface area contributed by atoms with E-state index in [0.29, 0.717) is 6.42 Å². The van der Waals surface area contributed by atoms with Crippen LogP contribution in [0.25, 0.3) is 0 Å². The van der Waals surface area contributed by atoms with Crippen molar-refractivity contribution in [3.05, 3.63) is 35.4 Å². The van der Waals surface area contributed by atoms with Gasteiger partial charge in [0, 0.05) is 18.0 Å². The molecule has 0 aliphatic rings. The largest absolute Gasteiger partial charge is 0.330 e. The van der Waals surface area contributed by atoms with Gasteiger partial charge in [0.1, 0.15) is 0 Å². The number of nitrogens with two attached hydrogens (primary N) is 1. The zero-order chi connectivity index (χ0) is 19.9. The third kappa shape index (κ3) is 11.1. The second-order valence-electron chi connectivity index (χ2n) is 7.60. The molecule has 1 aromatic carbocycles. The molecule has 0 aliphatic heterocycles. The lowest BCUT2D eigenvalue weighted by Gasteiger charge is -2.13. The van der Waals surface area contributed by atoms with Gasteiger partial charge in [0.25, 0.3) is 0 Å². The van der Waals surface area contributed by atoms with E-state index in [0.717, 1.165) is 25.0 Å². The number of hydrogen-bond acceptors (Lipinski definition) is 2. The molecule has 5 heteroatoms. The van der Waals surface area contributed by atoms with Gasteiger partial charge in [-0.3, -0.25) is 4.79 Å². The average molecular weight is 418 g/mol. The van der Waals surface area contributed by atoms with Gasteiger partial charge >= 0.3 is 0 Å². The molecule has 0 heterocycles. The van der Waals surface area contributed by atoms with Crippen LogP contribution in [0, 0.1) is 17.6 Å². The lowest BCUT2D eigenvalue weighted by atomic mass is 9.92. The van der Waals surface area contributed by atoms with Gasteiger partial charge in [-0.15, -0.1) is 12.4 Å². The number of hydrogen-bond donors (Lipinski definition) is 1. The second kappa shape index (κ2) is 16.9. The van der Waals surface area contributed by atoms with Crippen molar-refractivity contribution in [2.24, 2.45) is 11.7 Å². The minimum Gasteiger partial charge on any atom is -0.330 e. The molecular formula is C23H38ClF2NO. The summed E-state index contributed by atoms with van der Waals surface area (Å²) in [4.78, 5) is 12.4. The Balaban J connectivity index is 0.00000729. The molecule has 0 spiro atoms. The number of halogens is 3. The van der Waals surface area contributed by atoms with Crippen molar-refractivity contribution in [3.8, 4) is 0 Å². The first-order chi connectivity index (χ1) is 13.1. The number of ketones is 1. The SMILES string of the molecule is CCCCCCCCCCCCCCC(CN)C(=O)c1ccc(F)c(F)c1.Cl. The molecule has 1 atom stereocenters. The van der Waals surface area contributed by atoms with Gasteiger partial charge in [-0.2, -0.15) is 0 Å². The Bertz CT molecular complexity index is 539. The number of rotatable bonds is 16. The minimum atomic E-state index is -0.984. The van der Waals surface area contributed by atoms with Crippen LogP contribution in [0.1, 0.15) is 101 Å². The molecule has 0 saturated heterocycles. The predicted octanol–water partition coefficient (Wildman–Crippen LogP) is 7.24. The van der Waals surface area contributed by atoms with Gasteiger partial charge in [-0.25, -0.2) is 8.78 Å². The van der Waals surface area contributed by atoms with Crippen molar-refractivity contribution in [2.75, 3.05) is 6.54 Å². The van der Waals surface area contributed by atoms with Gasteiger partial charge in [0.15, 0.2) is 17.4 Å². The zero-order valence-corrected chi connectivity index (χ0v) is 18.2. The summed E-state index contributed by atoms with van der Waals surface area (Å²) in [6, 6.07) is 3.31. The first-order valence-corrected chi connectivity index (χ1v) is 10.8. The molecule has 0 aliphatic carbocycles. The summed E-state index contributed by atoms with van der Waals surface area (Å²) in [6.45, 7) is 2.49. The summed E-state index contributed by atoms with van der Waals surface area (Å²) in [5.74, 6) is -2.41. The maximum absolute atomic E-state index is 13.3. The first kappa shape index (κ1) is 27.0. The fraction of sp³-hybridized carbons (Fsp3) is 0.696. The number of carbonyl (C=O) groups is 1. The van der Waals surface area contributed by atoms with Crippen molar-refractivity contribution in [3.63, 3.8) is 0 Å². The van der Waals surface area contributed by atoms with E-state index in [1.54, 1.807) is 0 Å². The van der Waals surface area contributed by atoms with Crippen LogP contribution in [-0.2, 0) is 0 Å². The quantitative estimate of drug-likeness (QED) is 0.227. The molecule has 2 N–H and O–H groups in total. The van der Waals surface area contributed by atoms with Crippen LogP contribution in [-0.4, -0.2) is 12.3 Å². The van der Waals surface area contributed by atoms with Crippen molar-refractivity contribution < 1.29 is 13.6 Å². The Labute approximate surface area is 176 Å². The van der Waals surface area contributed by atoms with Gasteiger partial charge in [0.05, 0.1) is 0 Å². The first-order valence-electron chi connectivity index (χ1n) is 10.8. The smallest absolute Gasteiger partial charge is 0.167 e. The Kier molecular flexibility index (Phi) is 16.3. The van der Waals surface area contributed by atoms with Crippen LogP contribution < -0.4 is 5.73 Å². The third-order valence-electron chi connectivity index (χ3n) is 5.27. The molecule has 0 amide bonds. The highest BCUT2D eigenvalue weighted by Crippen LogP contribution is 2.19. The Morgan fingerprint density at radius 2 is 1.36 bits per heavy atom. The Morgan fingerprint density at radius 1 is 0.857 bits per heavy atom. The molecule has 1 aromatic rings. The molecule has 0 bridgehead atoms. The van der Waals surface area contributed by atoms with E-state index in [4.69, 9.17) is 5.73 Å². The summed E-state index contributed by atoms with van der Waals surface area (Å²) in [5.41, 5.74) is 5.94. The molecule has 1 unspecified atom stereocenters. The van der Waals surface area contributed by atoms with E-state index >= 15 is 0 Å². The van der Waals surface area contributed by atoms with Crippen molar-refractivity contribution in [1.29, 1.82) is 0 Å². The highest BCUT2D eigenvalue weighted by Gasteiger charge is 2.19. The molecule has 2 nitrogen and oxygen atoms in total. The van der Waals surface area contributed by atoms with Gasteiger partial charge in [-0.05, 0) is 24.6 Å². The summed E-state index contributed by atoms with van der Waals surface area (Å²) in [7, 11) is 0. The van der Waals surface area contributed by atoms with Crippen LogP contribution >= 0.6 is 12.4 Å². The summed E-state index contributed by atoms with van der Waals surface area (Å²) in [5, 5.41) is 0. The predicted molar refractivity (Wildman–Crippen MR) is 116 cm³/mol. The van der Waals surface area contributed by atoms with Gasteiger partial charge < -0.3 is 5.73 Å². The fourth-order valence-electron chi connectivity index (χ4n) is 3.47. The zero-order valence-electron chi connectivity index (χ0n) is 17.4. The van der Waals surface area contributed by atoms with Crippen molar-refractivity contribution >= 4 is 18.2 Å². The number of carbonyl (C=O) groups excluding carboxylic acids is 1.